The van der Waals surface area contributed by atoms with E-state index in [0.717, 1.165) is 35.3 Å². The Hall–Kier alpha value is -2.16. The second-order valence-corrected chi connectivity index (χ2v) is 10.4. The van der Waals surface area contributed by atoms with Gasteiger partial charge < -0.3 is 9.84 Å². The summed E-state index contributed by atoms with van der Waals surface area (Å²) in [5.74, 6) is 0.786. The predicted molar refractivity (Wildman–Crippen MR) is 127 cm³/mol. The summed E-state index contributed by atoms with van der Waals surface area (Å²) in [6.07, 6.45) is -3.84. The molecule has 1 unspecified atom stereocenters. The molecule has 0 radical (unpaired) electrons. The number of rotatable bonds is 8. The number of hydrogen-bond donors (Lipinski definition) is 1. The van der Waals surface area contributed by atoms with E-state index in [0.29, 0.717) is 25.3 Å². The molecule has 8 heteroatoms. The largest absolute Gasteiger partial charge is 0.492 e. The van der Waals surface area contributed by atoms with E-state index in [1.807, 2.05) is 31.2 Å². The average molecular weight is 495 g/mol. The van der Waals surface area contributed by atoms with E-state index in [4.69, 9.17) is 4.74 Å². The summed E-state index contributed by atoms with van der Waals surface area (Å²) in [5, 5.41) is 10.4. The van der Waals surface area contributed by atoms with Crippen LogP contribution in [-0.4, -0.2) is 66.6 Å². The zero-order chi connectivity index (χ0) is 25.4. The average Bonchev–Trinajstić information content (AvgIpc) is 2.74. The Morgan fingerprint density at radius 1 is 1.06 bits per heavy atom. The fourth-order valence-corrected chi connectivity index (χ4v) is 5.12. The van der Waals surface area contributed by atoms with Crippen LogP contribution in [0.5, 0.6) is 5.75 Å². The minimum atomic E-state index is -4.32. The molecule has 2 aromatic carbocycles. The topological polar surface area (TPSA) is 35.9 Å². The van der Waals surface area contributed by atoms with Crippen LogP contribution in [0.1, 0.15) is 49.1 Å². The Labute approximate surface area is 204 Å². The van der Waals surface area contributed by atoms with E-state index in [1.54, 1.807) is 32.0 Å². The minimum Gasteiger partial charge on any atom is -0.492 e. The van der Waals surface area contributed by atoms with Gasteiger partial charge in [0.25, 0.3) is 0 Å². The molecule has 1 fully saturated rings. The first-order valence-electron chi connectivity index (χ1n) is 12.1. The van der Waals surface area contributed by atoms with Crippen LogP contribution in [0, 0.1) is 5.92 Å². The lowest BCUT2D eigenvalue weighted by molar-refractivity contribution is -0.155. The lowest BCUT2D eigenvalue weighted by Gasteiger charge is -2.43. The highest BCUT2D eigenvalue weighted by molar-refractivity contribution is 5.44. The Balaban J connectivity index is 1.55. The van der Waals surface area contributed by atoms with Gasteiger partial charge >= 0.3 is 6.18 Å². The van der Waals surface area contributed by atoms with Gasteiger partial charge in [0.15, 0.2) is 0 Å². The number of likely N-dealkylation sites (tertiary alicyclic amines) is 1. The van der Waals surface area contributed by atoms with E-state index in [-0.39, 0.29) is 18.6 Å². The van der Waals surface area contributed by atoms with Crippen molar-refractivity contribution in [1.82, 2.24) is 9.80 Å². The second-order valence-electron chi connectivity index (χ2n) is 10.4. The molecule has 0 saturated carbocycles. The quantitative estimate of drug-likeness (QED) is 0.519. The molecular weight excluding hydrogens is 460 g/mol. The molecule has 1 saturated heterocycles. The van der Waals surface area contributed by atoms with Crippen molar-refractivity contribution in [1.29, 1.82) is 0 Å². The van der Waals surface area contributed by atoms with Crippen molar-refractivity contribution in [2.75, 3.05) is 39.5 Å². The summed E-state index contributed by atoms with van der Waals surface area (Å²) >= 11 is 0. The van der Waals surface area contributed by atoms with Gasteiger partial charge in [-0.1, -0.05) is 30.3 Å². The molecule has 35 heavy (non-hydrogen) atoms. The number of fused-ring (bicyclic) bond motifs is 1. The highest BCUT2D eigenvalue weighted by atomic mass is 19.4. The molecule has 4 nitrogen and oxygen atoms in total. The Morgan fingerprint density at radius 2 is 1.74 bits per heavy atom. The minimum absolute atomic E-state index is 0.134. The third-order valence-electron chi connectivity index (χ3n) is 7.04. The highest BCUT2D eigenvalue weighted by Crippen LogP contribution is 2.41. The van der Waals surface area contributed by atoms with Crippen molar-refractivity contribution in [3.05, 3.63) is 64.7 Å². The predicted octanol–water partition coefficient (Wildman–Crippen LogP) is 5.09. The van der Waals surface area contributed by atoms with Crippen molar-refractivity contribution in [3.8, 4) is 5.75 Å². The van der Waals surface area contributed by atoms with E-state index in [1.165, 1.54) is 4.90 Å². The van der Waals surface area contributed by atoms with Gasteiger partial charge in [0.1, 0.15) is 12.4 Å². The van der Waals surface area contributed by atoms with Crippen LogP contribution >= 0.6 is 0 Å². The summed E-state index contributed by atoms with van der Waals surface area (Å²) in [6, 6.07) is 11.9. The number of aliphatic hydroxyl groups is 1. The van der Waals surface area contributed by atoms with Gasteiger partial charge in [0.2, 0.25) is 0 Å². The lowest BCUT2D eigenvalue weighted by Crippen LogP contribution is -2.49. The SMILES string of the molecule is C[C@H]1Cc2cc(C(C)(C)O)ccc2C(c2ccc(OCCN3CC(CF)C3)cc2)N1CC(F)(F)F. The van der Waals surface area contributed by atoms with Gasteiger partial charge in [-0.15, -0.1) is 0 Å². The molecule has 1 N–H and O–H groups in total. The normalized spacial score (nSPS) is 22.1. The van der Waals surface area contributed by atoms with Gasteiger partial charge in [0, 0.05) is 31.6 Å². The zero-order valence-electron chi connectivity index (χ0n) is 20.5. The van der Waals surface area contributed by atoms with Crippen molar-refractivity contribution in [3.63, 3.8) is 0 Å². The van der Waals surface area contributed by atoms with Gasteiger partial charge in [-0.05, 0) is 61.6 Å². The first-order valence-corrected chi connectivity index (χ1v) is 12.1. The summed E-state index contributed by atoms with van der Waals surface area (Å²) < 4.78 is 59.0. The summed E-state index contributed by atoms with van der Waals surface area (Å²) in [6.45, 7) is 6.63. The molecule has 0 amide bonds. The maximum Gasteiger partial charge on any atom is 0.401 e. The van der Waals surface area contributed by atoms with Gasteiger partial charge in [-0.3, -0.25) is 14.2 Å². The highest BCUT2D eigenvalue weighted by Gasteiger charge is 2.40. The van der Waals surface area contributed by atoms with E-state index in [2.05, 4.69) is 4.90 Å². The number of ether oxygens (including phenoxy) is 1. The van der Waals surface area contributed by atoms with Crippen LogP contribution in [0.4, 0.5) is 17.6 Å². The number of halogens is 4. The van der Waals surface area contributed by atoms with Gasteiger partial charge in [0.05, 0.1) is 24.9 Å². The van der Waals surface area contributed by atoms with E-state index in [9.17, 15) is 22.7 Å². The molecule has 4 rings (SSSR count). The van der Waals surface area contributed by atoms with E-state index < -0.39 is 24.4 Å². The third-order valence-corrected chi connectivity index (χ3v) is 7.04. The second kappa shape index (κ2) is 10.1. The van der Waals surface area contributed by atoms with Crippen LogP contribution in [-0.2, 0) is 12.0 Å². The Bertz CT molecular complexity index is 998. The molecular formula is C27H34F4N2O2. The van der Waals surface area contributed by atoms with Crippen molar-refractivity contribution >= 4 is 0 Å². The summed E-state index contributed by atoms with van der Waals surface area (Å²) in [7, 11) is 0. The fourth-order valence-electron chi connectivity index (χ4n) is 5.12. The number of alkyl halides is 4. The molecule has 192 valence electrons. The molecule has 0 spiro atoms. The Morgan fingerprint density at radius 3 is 2.34 bits per heavy atom. The Kier molecular flexibility index (Phi) is 7.46. The van der Waals surface area contributed by atoms with Crippen LogP contribution in [0.2, 0.25) is 0 Å². The smallest absolute Gasteiger partial charge is 0.401 e. The monoisotopic (exact) mass is 494 g/mol. The molecule has 2 heterocycles. The maximum absolute atomic E-state index is 13.5. The van der Waals surface area contributed by atoms with Crippen molar-refractivity contribution in [2.24, 2.45) is 5.92 Å². The summed E-state index contributed by atoms with van der Waals surface area (Å²) in [4.78, 5) is 3.64. The molecule has 2 aliphatic heterocycles. The van der Waals surface area contributed by atoms with Crippen LogP contribution in [0.25, 0.3) is 0 Å². The number of benzene rings is 2. The lowest BCUT2D eigenvalue weighted by atomic mass is 9.82. The molecule has 2 aliphatic rings. The molecule has 0 bridgehead atoms. The number of hydrogen-bond acceptors (Lipinski definition) is 4. The maximum atomic E-state index is 13.5. The molecule has 2 aromatic rings. The molecule has 2 atom stereocenters. The van der Waals surface area contributed by atoms with Gasteiger partial charge in [-0.2, -0.15) is 13.2 Å². The van der Waals surface area contributed by atoms with Crippen molar-refractivity contribution < 1.29 is 27.4 Å². The van der Waals surface area contributed by atoms with Crippen LogP contribution in [0.15, 0.2) is 42.5 Å². The van der Waals surface area contributed by atoms with Gasteiger partial charge in [-0.25, -0.2) is 0 Å². The first kappa shape index (κ1) is 25.9. The van der Waals surface area contributed by atoms with E-state index >= 15 is 0 Å². The molecule has 0 aliphatic carbocycles. The molecule has 0 aromatic heterocycles. The fraction of sp³-hybridized carbons (Fsp3) is 0.556. The third kappa shape index (κ3) is 6.16. The summed E-state index contributed by atoms with van der Waals surface area (Å²) in [5.41, 5.74) is 2.27. The number of nitrogens with zero attached hydrogens (tertiary/aromatic N) is 2. The first-order chi connectivity index (χ1) is 16.4. The zero-order valence-corrected chi connectivity index (χ0v) is 20.5. The van der Waals surface area contributed by atoms with Crippen LogP contribution in [0.3, 0.4) is 0 Å². The standard InChI is InChI=1S/C27H34F4N2O2/c1-18-12-21-13-22(26(2,3)34)6-9-24(21)25(33(18)17-27(29,30)31)20-4-7-23(8-5-20)35-11-10-32-15-19(14-28)16-32/h4-9,13,18-19,25,34H,10-12,14-17H2,1-3H3/t18-,25?/m0/s1. The van der Waals surface area contributed by atoms with Crippen LogP contribution < -0.4 is 4.74 Å². The van der Waals surface area contributed by atoms with Crippen molar-refractivity contribution in [2.45, 2.75) is 51.1 Å².